The van der Waals surface area contributed by atoms with E-state index in [-0.39, 0.29) is 44.5 Å². The number of amides is 3. The van der Waals surface area contributed by atoms with Crippen LogP contribution < -0.4 is 26.4 Å². The van der Waals surface area contributed by atoms with Crippen molar-refractivity contribution in [2.45, 2.75) is 91.5 Å². The van der Waals surface area contributed by atoms with E-state index >= 15 is 0 Å². The Balaban J connectivity index is 1.96. The van der Waals surface area contributed by atoms with Gasteiger partial charge in [0.05, 0.1) is 17.6 Å². The molecule has 0 radical (unpaired) electrons. The molecule has 0 saturated heterocycles. The Morgan fingerprint density at radius 2 is 1.53 bits per heavy atom. The molecular weight excluding hydrogens is 676 g/mol. The van der Waals surface area contributed by atoms with Gasteiger partial charge >= 0.3 is 5.97 Å². The molecule has 15 heteroatoms. The SMILES string of the molecule is CC(C)[C@H](NC(=O)CCC(C)(C)OCCC(C)(C)C(=O)Oc1c(F)c(F)cc(F)c1F)C(=O)NC(/C=C/CCN)C(=O)Nc1ccc(CO)cc1. The predicted molar refractivity (Wildman–Crippen MR) is 182 cm³/mol. The fourth-order valence-electron chi connectivity index (χ4n) is 4.51. The van der Waals surface area contributed by atoms with Crippen LogP contribution in [-0.4, -0.2) is 59.6 Å². The van der Waals surface area contributed by atoms with E-state index in [4.69, 9.17) is 10.5 Å². The molecular formula is C36H48F4N4O7. The smallest absolute Gasteiger partial charge is 0.317 e. The van der Waals surface area contributed by atoms with Gasteiger partial charge in [-0.3, -0.25) is 19.2 Å². The zero-order valence-electron chi connectivity index (χ0n) is 29.7. The van der Waals surface area contributed by atoms with Gasteiger partial charge in [0.1, 0.15) is 12.1 Å². The number of aliphatic hydroxyl groups excluding tert-OH is 1. The van der Waals surface area contributed by atoms with Gasteiger partial charge in [-0.25, -0.2) is 8.78 Å². The number of esters is 1. The molecule has 2 aromatic carbocycles. The van der Waals surface area contributed by atoms with Crippen molar-refractivity contribution in [3.05, 3.63) is 71.3 Å². The van der Waals surface area contributed by atoms with E-state index in [9.17, 15) is 41.8 Å². The summed E-state index contributed by atoms with van der Waals surface area (Å²) in [5.74, 6) is -11.6. The van der Waals surface area contributed by atoms with Crippen molar-refractivity contribution in [1.82, 2.24) is 10.6 Å². The van der Waals surface area contributed by atoms with Crippen LogP contribution in [0.1, 0.15) is 72.8 Å². The minimum absolute atomic E-state index is 0.00391. The molecule has 0 bridgehead atoms. The molecule has 0 spiro atoms. The second-order valence-electron chi connectivity index (χ2n) is 13.6. The second-order valence-corrected chi connectivity index (χ2v) is 13.6. The van der Waals surface area contributed by atoms with Crippen molar-refractivity contribution in [2.24, 2.45) is 17.1 Å². The highest BCUT2D eigenvalue weighted by atomic mass is 19.2. The van der Waals surface area contributed by atoms with Crippen LogP contribution >= 0.6 is 0 Å². The lowest BCUT2D eigenvalue weighted by Gasteiger charge is -2.29. The van der Waals surface area contributed by atoms with Gasteiger partial charge < -0.3 is 36.3 Å². The first-order chi connectivity index (χ1) is 23.8. The van der Waals surface area contributed by atoms with Crippen LogP contribution in [0.4, 0.5) is 23.2 Å². The summed E-state index contributed by atoms with van der Waals surface area (Å²) in [4.78, 5) is 52.1. The average Bonchev–Trinajstić information content (AvgIpc) is 3.06. The molecule has 2 aromatic rings. The molecule has 0 fully saturated rings. The van der Waals surface area contributed by atoms with E-state index in [1.807, 2.05) is 0 Å². The molecule has 2 atom stereocenters. The number of hydrogen-bond donors (Lipinski definition) is 5. The fourth-order valence-corrected chi connectivity index (χ4v) is 4.51. The molecule has 282 valence electrons. The number of ether oxygens (including phenoxy) is 2. The number of nitrogens with one attached hydrogen (secondary N) is 3. The Labute approximate surface area is 295 Å². The van der Waals surface area contributed by atoms with Crippen LogP contribution in [0.25, 0.3) is 0 Å². The van der Waals surface area contributed by atoms with Crippen LogP contribution in [0.2, 0.25) is 0 Å². The lowest BCUT2D eigenvalue weighted by Crippen LogP contribution is -2.54. The van der Waals surface area contributed by atoms with Crippen molar-refractivity contribution in [1.29, 1.82) is 0 Å². The molecule has 0 aromatic heterocycles. The molecule has 0 aliphatic rings. The number of aliphatic hydroxyl groups is 1. The van der Waals surface area contributed by atoms with Crippen molar-refractivity contribution in [3.8, 4) is 5.75 Å². The highest BCUT2D eigenvalue weighted by Gasteiger charge is 2.34. The minimum Gasteiger partial charge on any atom is -0.420 e. The van der Waals surface area contributed by atoms with E-state index < -0.39 is 75.8 Å². The third-order valence-electron chi connectivity index (χ3n) is 7.90. The number of halogens is 4. The Kier molecular flexibility index (Phi) is 16.2. The van der Waals surface area contributed by atoms with Crippen LogP contribution in [0.5, 0.6) is 5.75 Å². The lowest BCUT2D eigenvalue weighted by molar-refractivity contribution is -0.146. The third kappa shape index (κ3) is 13.4. The molecule has 2 rings (SSSR count). The molecule has 6 N–H and O–H groups in total. The van der Waals surface area contributed by atoms with Gasteiger partial charge in [0, 0.05) is 24.8 Å². The predicted octanol–water partition coefficient (Wildman–Crippen LogP) is 4.80. The van der Waals surface area contributed by atoms with Crippen molar-refractivity contribution in [3.63, 3.8) is 0 Å². The lowest BCUT2D eigenvalue weighted by atomic mass is 9.89. The molecule has 11 nitrogen and oxygen atoms in total. The molecule has 3 amide bonds. The molecule has 0 heterocycles. The van der Waals surface area contributed by atoms with E-state index in [0.29, 0.717) is 24.2 Å². The Hall–Kier alpha value is -4.34. The van der Waals surface area contributed by atoms with Crippen LogP contribution in [0.15, 0.2) is 42.5 Å². The van der Waals surface area contributed by atoms with E-state index in [2.05, 4.69) is 20.7 Å². The summed E-state index contributed by atoms with van der Waals surface area (Å²) in [7, 11) is 0. The number of carbonyl (C=O) groups is 4. The number of nitrogens with two attached hydrogens (primary N) is 1. The molecule has 51 heavy (non-hydrogen) atoms. The Bertz CT molecular complexity index is 1520. The first-order valence-corrected chi connectivity index (χ1v) is 16.5. The number of anilines is 1. The highest BCUT2D eigenvalue weighted by Crippen LogP contribution is 2.31. The molecule has 0 aliphatic carbocycles. The van der Waals surface area contributed by atoms with E-state index in [0.717, 1.165) is 0 Å². The van der Waals surface area contributed by atoms with Gasteiger partial charge in [-0.05, 0) is 77.1 Å². The van der Waals surface area contributed by atoms with Gasteiger partial charge in [0.2, 0.25) is 29.2 Å². The summed E-state index contributed by atoms with van der Waals surface area (Å²) < 4.78 is 65.6. The fraction of sp³-hybridized carbons (Fsp3) is 0.500. The topological polar surface area (TPSA) is 169 Å². The number of rotatable bonds is 19. The number of hydrogen-bond acceptors (Lipinski definition) is 8. The number of benzene rings is 2. The van der Waals surface area contributed by atoms with Gasteiger partial charge in [0.25, 0.3) is 5.91 Å². The van der Waals surface area contributed by atoms with Gasteiger partial charge in [-0.1, -0.05) is 38.1 Å². The summed E-state index contributed by atoms with van der Waals surface area (Å²) in [5.41, 5.74) is 4.40. The van der Waals surface area contributed by atoms with Crippen molar-refractivity contribution in [2.75, 3.05) is 18.5 Å². The zero-order chi connectivity index (χ0) is 38.5. The molecule has 1 unspecified atom stereocenters. The maximum Gasteiger partial charge on any atom is 0.317 e. The third-order valence-corrected chi connectivity index (χ3v) is 7.90. The van der Waals surface area contributed by atoms with Crippen LogP contribution in [-0.2, 0) is 30.5 Å². The Morgan fingerprint density at radius 1 is 0.922 bits per heavy atom. The normalized spacial score (nSPS) is 13.2. The van der Waals surface area contributed by atoms with E-state index in [1.165, 1.54) is 19.9 Å². The minimum atomic E-state index is -1.84. The van der Waals surface area contributed by atoms with E-state index in [1.54, 1.807) is 58.0 Å². The summed E-state index contributed by atoms with van der Waals surface area (Å²) in [6, 6.07) is 4.46. The Morgan fingerprint density at radius 3 is 2.08 bits per heavy atom. The standard InChI is InChI=1S/C36H48F4N4O7/c1-21(2)30(33(48)43-26(9-7-8-17-41)32(47)42-23-12-10-22(20-45)11-13-23)44-27(46)14-15-36(5,6)50-18-16-35(3,4)34(49)51-31-28(39)24(37)19-25(38)29(31)40/h7,9-13,19,21,26,30,45H,8,14-18,20,41H2,1-6H3,(H,42,47)(H,43,48)(H,44,46)/b9-7+/t26?,30-/m0/s1. The van der Waals surface area contributed by atoms with Crippen molar-refractivity contribution < 1.29 is 51.3 Å². The summed E-state index contributed by atoms with van der Waals surface area (Å²) >= 11 is 0. The maximum absolute atomic E-state index is 14.0. The zero-order valence-corrected chi connectivity index (χ0v) is 29.7. The maximum atomic E-state index is 14.0. The largest absolute Gasteiger partial charge is 0.420 e. The quantitative estimate of drug-likeness (QED) is 0.0453. The van der Waals surface area contributed by atoms with Crippen LogP contribution in [0.3, 0.4) is 0 Å². The summed E-state index contributed by atoms with van der Waals surface area (Å²) in [6.45, 7) is 9.80. The van der Waals surface area contributed by atoms with Crippen molar-refractivity contribution >= 4 is 29.4 Å². The summed E-state index contributed by atoms with van der Waals surface area (Å²) in [6.07, 6.45) is 3.77. The molecule has 0 saturated carbocycles. The highest BCUT2D eigenvalue weighted by molar-refractivity contribution is 5.99. The first-order valence-electron chi connectivity index (χ1n) is 16.5. The van der Waals surface area contributed by atoms with Gasteiger partial charge in [-0.2, -0.15) is 8.78 Å². The summed E-state index contributed by atoms with van der Waals surface area (Å²) in [5, 5.41) is 17.4. The average molecular weight is 725 g/mol. The second kappa shape index (κ2) is 19.3. The van der Waals surface area contributed by atoms with Crippen LogP contribution in [0, 0.1) is 34.6 Å². The van der Waals surface area contributed by atoms with Gasteiger partial charge in [0.15, 0.2) is 11.6 Å². The molecule has 0 aliphatic heterocycles. The number of carbonyl (C=O) groups excluding carboxylic acids is 4. The monoisotopic (exact) mass is 724 g/mol. The first kappa shape index (κ1) is 42.8. The van der Waals surface area contributed by atoms with Gasteiger partial charge in [-0.15, -0.1) is 0 Å².